The predicted octanol–water partition coefficient (Wildman–Crippen LogP) is -0.844. The van der Waals surface area contributed by atoms with Crippen molar-refractivity contribution < 1.29 is 48.5 Å². The first kappa shape index (κ1) is 23.3. The van der Waals surface area contributed by atoms with Gasteiger partial charge in [-0.3, -0.25) is 18.7 Å². The van der Waals surface area contributed by atoms with Crippen LogP contribution in [0.1, 0.15) is 20.8 Å². The summed E-state index contributed by atoms with van der Waals surface area (Å²) in [6.07, 6.45) is 0. The van der Waals surface area contributed by atoms with E-state index in [1.54, 1.807) is 0 Å². The topological polar surface area (TPSA) is 216 Å². The van der Waals surface area contributed by atoms with Crippen LogP contribution in [-0.2, 0) is 18.7 Å². The fraction of sp³-hybridized carbons (Fsp3) is 0.667. The second kappa shape index (κ2) is 8.39. The molecule has 116 valence electrons. The molecule has 0 heterocycles. The molecule has 0 bridgehead atoms. The largest absolute Gasteiger partial charge is 0.481 e. The van der Waals surface area contributed by atoms with Crippen molar-refractivity contribution >= 4 is 27.1 Å². The Morgan fingerprint density at radius 2 is 1.00 bits per heavy atom. The number of carboxylic acids is 2. The van der Waals surface area contributed by atoms with Crippen LogP contribution >= 0.6 is 15.2 Å². The Balaban J connectivity index is -0.000000264. The van der Waals surface area contributed by atoms with Crippen LogP contribution in [0.5, 0.6) is 0 Å². The Kier molecular flexibility index (Phi) is 10.3. The minimum atomic E-state index is -4.98. The number of aliphatic carboxylic acids is 2. The zero-order valence-corrected chi connectivity index (χ0v) is 12.1. The highest BCUT2D eigenvalue weighted by Gasteiger charge is 2.53. The Hall–Kier alpha value is -0.800. The van der Waals surface area contributed by atoms with Crippen molar-refractivity contribution in [2.75, 3.05) is 0 Å². The standard InChI is InChI=1S/C2H9NO6P2.2C2H4O2/c1-2(3,10(4,5)6)11(7,8)9;2*1-2(3)4/h3H2,1H3,(H2,4,5,6)(H2,7,8,9);2*1H3,(H,3,4). The summed E-state index contributed by atoms with van der Waals surface area (Å²) in [5.74, 6) is -1.67. The van der Waals surface area contributed by atoms with Crippen LogP contribution in [0.3, 0.4) is 0 Å². The SMILES string of the molecule is CC(=O)O.CC(=O)O.CC(N)(P(=O)(O)O)P(=O)(O)O. The van der Waals surface area contributed by atoms with Crippen molar-refractivity contribution in [1.29, 1.82) is 0 Å². The molecule has 0 fully saturated rings. The van der Waals surface area contributed by atoms with Gasteiger partial charge in [-0.2, -0.15) is 0 Å². The van der Waals surface area contributed by atoms with Gasteiger partial charge in [0.2, 0.25) is 5.02 Å². The van der Waals surface area contributed by atoms with E-state index in [1.165, 1.54) is 0 Å². The van der Waals surface area contributed by atoms with Gasteiger partial charge in [-0.15, -0.1) is 0 Å². The Bertz CT molecular complexity index is 349. The smallest absolute Gasteiger partial charge is 0.357 e. The zero-order chi connectivity index (χ0) is 16.7. The van der Waals surface area contributed by atoms with Crippen molar-refractivity contribution in [2.24, 2.45) is 5.73 Å². The van der Waals surface area contributed by atoms with Gasteiger partial charge in [-0.1, -0.05) is 0 Å². The molecule has 0 aromatic heterocycles. The normalized spacial score (nSPS) is 11.4. The summed E-state index contributed by atoms with van der Waals surface area (Å²) in [6, 6.07) is 0. The Morgan fingerprint density at radius 3 is 1.00 bits per heavy atom. The molecule has 0 aliphatic carbocycles. The van der Waals surface area contributed by atoms with Crippen LogP contribution in [0.2, 0.25) is 0 Å². The van der Waals surface area contributed by atoms with Crippen LogP contribution in [0.15, 0.2) is 0 Å². The molecule has 0 aliphatic heterocycles. The van der Waals surface area contributed by atoms with Gasteiger partial charge in [0, 0.05) is 13.8 Å². The molecular weight excluding hydrogens is 308 g/mol. The van der Waals surface area contributed by atoms with Crippen molar-refractivity contribution in [3.63, 3.8) is 0 Å². The van der Waals surface area contributed by atoms with E-state index in [2.05, 4.69) is 0 Å². The first-order chi connectivity index (χ1) is 7.96. The van der Waals surface area contributed by atoms with Gasteiger partial charge >= 0.3 is 15.2 Å². The zero-order valence-electron chi connectivity index (χ0n) is 10.3. The van der Waals surface area contributed by atoms with Gasteiger partial charge in [0.1, 0.15) is 0 Å². The average Bonchev–Trinajstić information content (AvgIpc) is 1.96. The molecule has 0 amide bonds. The summed E-state index contributed by atoms with van der Waals surface area (Å²) < 4.78 is 20.8. The van der Waals surface area contributed by atoms with Crippen LogP contribution in [0.25, 0.3) is 0 Å². The summed E-state index contributed by atoms with van der Waals surface area (Å²) >= 11 is 0. The minimum Gasteiger partial charge on any atom is -0.481 e. The van der Waals surface area contributed by atoms with E-state index in [0.29, 0.717) is 6.92 Å². The van der Waals surface area contributed by atoms with Gasteiger partial charge < -0.3 is 35.5 Å². The summed E-state index contributed by atoms with van der Waals surface area (Å²) in [6.45, 7) is 2.77. The van der Waals surface area contributed by atoms with E-state index >= 15 is 0 Å². The van der Waals surface area contributed by atoms with Crippen LogP contribution in [0, 0.1) is 0 Å². The molecule has 0 saturated heterocycles. The van der Waals surface area contributed by atoms with Crippen LogP contribution in [-0.4, -0.2) is 46.7 Å². The van der Waals surface area contributed by atoms with E-state index in [1.807, 2.05) is 0 Å². The van der Waals surface area contributed by atoms with E-state index in [9.17, 15) is 9.13 Å². The maximum atomic E-state index is 10.4. The summed E-state index contributed by atoms with van der Waals surface area (Å²) in [5.41, 5.74) is 4.74. The number of hydrogen-bond acceptors (Lipinski definition) is 5. The first-order valence-corrected chi connectivity index (χ1v) is 7.48. The predicted molar refractivity (Wildman–Crippen MR) is 63.3 cm³/mol. The van der Waals surface area contributed by atoms with Crippen molar-refractivity contribution in [3.05, 3.63) is 0 Å². The molecule has 13 heteroatoms. The van der Waals surface area contributed by atoms with E-state index in [0.717, 1.165) is 13.8 Å². The highest BCUT2D eigenvalue weighted by molar-refractivity contribution is 7.72. The first-order valence-electron chi connectivity index (χ1n) is 4.26. The molecule has 0 saturated carbocycles. The monoisotopic (exact) mass is 325 g/mol. The third-order valence-corrected chi connectivity index (χ3v) is 5.10. The quantitative estimate of drug-likeness (QED) is 0.310. The molecule has 11 nitrogen and oxygen atoms in total. The fourth-order valence-electron chi connectivity index (χ4n) is 0.170. The molecule has 19 heavy (non-hydrogen) atoms. The molecule has 0 aromatic rings. The van der Waals surface area contributed by atoms with Gasteiger partial charge in [0.25, 0.3) is 11.9 Å². The molecule has 0 radical (unpaired) electrons. The minimum absolute atomic E-state index is 0.606. The third kappa shape index (κ3) is 13.4. The van der Waals surface area contributed by atoms with Crippen molar-refractivity contribution in [2.45, 2.75) is 25.8 Å². The van der Waals surface area contributed by atoms with E-state index < -0.39 is 32.2 Å². The molecule has 0 unspecified atom stereocenters. The van der Waals surface area contributed by atoms with Crippen molar-refractivity contribution in [3.8, 4) is 0 Å². The second-order valence-electron chi connectivity index (χ2n) is 3.22. The molecule has 0 spiro atoms. The lowest BCUT2D eigenvalue weighted by atomic mass is 10.8. The van der Waals surface area contributed by atoms with Crippen LogP contribution < -0.4 is 5.73 Å². The highest BCUT2D eigenvalue weighted by Crippen LogP contribution is 2.65. The van der Waals surface area contributed by atoms with Crippen LogP contribution in [0.4, 0.5) is 0 Å². The number of nitrogens with two attached hydrogens (primary N) is 1. The maximum Gasteiger partial charge on any atom is 0.357 e. The highest BCUT2D eigenvalue weighted by atomic mass is 31.2. The van der Waals surface area contributed by atoms with E-state index in [-0.39, 0.29) is 0 Å². The van der Waals surface area contributed by atoms with Gasteiger partial charge in [0.15, 0.2) is 0 Å². The molecule has 0 atom stereocenters. The number of hydrogen-bond donors (Lipinski definition) is 7. The summed E-state index contributed by atoms with van der Waals surface area (Å²) in [5, 5.41) is 12.0. The number of carbonyl (C=O) groups is 2. The molecule has 0 aromatic carbocycles. The Morgan fingerprint density at radius 1 is 0.895 bits per heavy atom. The fourth-order valence-corrected chi connectivity index (χ4v) is 1.53. The number of carboxylic acid groups (broad SMARTS) is 2. The lowest BCUT2D eigenvalue weighted by Crippen LogP contribution is -2.35. The van der Waals surface area contributed by atoms with Gasteiger partial charge in [0.05, 0.1) is 0 Å². The summed E-state index contributed by atoms with van der Waals surface area (Å²) in [7, 11) is -9.95. The second-order valence-corrected chi connectivity index (χ2v) is 7.61. The van der Waals surface area contributed by atoms with Gasteiger partial charge in [-0.25, -0.2) is 0 Å². The summed E-state index contributed by atoms with van der Waals surface area (Å²) in [4.78, 5) is 51.5. The molecule has 8 N–H and O–H groups in total. The Labute approximate surface area is 108 Å². The maximum absolute atomic E-state index is 10.4. The molecule has 0 aliphatic rings. The third-order valence-electron chi connectivity index (χ3n) is 1.18. The number of rotatable bonds is 2. The average molecular weight is 325 g/mol. The lowest BCUT2D eigenvalue weighted by Gasteiger charge is -2.25. The van der Waals surface area contributed by atoms with Gasteiger partial charge in [-0.05, 0) is 6.92 Å². The molecular formula is C6H17NO10P2. The lowest BCUT2D eigenvalue weighted by molar-refractivity contribution is -0.135. The molecule has 0 rings (SSSR count). The van der Waals surface area contributed by atoms with E-state index in [4.69, 9.17) is 45.1 Å². The van der Waals surface area contributed by atoms with Crippen molar-refractivity contribution in [1.82, 2.24) is 0 Å².